The largest absolute Gasteiger partial charge is 0.476 e. The summed E-state index contributed by atoms with van der Waals surface area (Å²) in [5, 5.41) is 8.75. The number of aromatic nitrogens is 1. The molecule has 0 aromatic carbocycles. The minimum atomic E-state index is -5.12. The van der Waals surface area contributed by atoms with E-state index in [1.165, 1.54) is 0 Å². The first-order valence-electron chi connectivity index (χ1n) is 5.76. The lowest BCUT2D eigenvalue weighted by atomic mass is 10.4. The standard InChI is InChI=1S/C10H10F6N2O4S/c1-4(10(14,15)16)17-23(21,22)5-2-18(3-6(11)12)8(7(5)13)9(19)20/h2,4,6,17H,3H2,1H3,(H,19,20)/t4-/m1/s1. The molecule has 0 bridgehead atoms. The van der Waals surface area contributed by atoms with Crippen LogP contribution in [0.2, 0.25) is 0 Å². The lowest BCUT2D eigenvalue weighted by molar-refractivity contribution is -0.147. The highest BCUT2D eigenvalue weighted by Crippen LogP contribution is 2.25. The molecule has 0 aliphatic heterocycles. The van der Waals surface area contributed by atoms with E-state index in [9.17, 15) is 39.6 Å². The molecular formula is C10H10F6N2O4S. The number of carboxylic acid groups (broad SMARTS) is 1. The molecule has 1 atom stereocenters. The molecule has 132 valence electrons. The number of alkyl halides is 5. The van der Waals surface area contributed by atoms with Crippen molar-refractivity contribution in [2.75, 3.05) is 0 Å². The summed E-state index contributed by atoms with van der Waals surface area (Å²) in [6.45, 7) is -0.910. The normalized spacial score (nSPS) is 14.3. The van der Waals surface area contributed by atoms with Crippen LogP contribution in [0.15, 0.2) is 11.1 Å². The number of rotatable bonds is 6. The molecule has 23 heavy (non-hydrogen) atoms. The zero-order valence-corrected chi connectivity index (χ0v) is 12.1. The van der Waals surface area contributed by atoms with Gasteiger partial charge in [-0.25, -0.2) is 26.4 Å². The van der Waals surface area contributed by atoms with E-state index in [1.54, 1.807) is 0 Å². The van der Waals surface area contributed by atoms with Gasteiger partial charge in [-0.2, -0.15) is 17.9 Å². The quantitative estimate of drug-likeness (QED) is 0.750. The van der Waals surface area contributed by atoms with Crippen molar-refractivity contribution in [1.29, 1.82) is 0 Å². The highest BCUT2D eigenvalue weighted by Gasteiger charge is 2.40. The summed E-state index contributed by atoms with van der Waals surface area (Å²) >= 11 is 0. The second-order valence-corrected chi connectivity index (χ2v) is 6.07. The van der Waals surface area contributed by atoms with Gasteiger partial charge in [0.25, 0.3) is 6.43 Å². The van der Waals surface area contributed by atoms with Crippen LogP contribution in [-0.4, -0.2) is 42.7 Å². The monoisotopic (exact) mass is 368 g/mol. The lowest BCUT2D eigenvalue weighted by Gasteiger charge is -2.16. The summed E-state index contributed by atoms with van der Waals surface area (Å²) in [6, 6.07) is -2.60. The van der Waals surface area contributed by atoms with Gasteiger partial charge in [-0.1, -0.05) is 0 Å². The van der Waals surface area contributed by atoms with E-state index in [0.717, 1.165) is 4.72 Å². The highest BCUT2D eigenvalue weighted by molar-refractivity contribution is 7.89. The number of aromatic carboxylic acids is 1. The summed E-state index contributed by atoms with van der Waals surface area (Å²) in [5.41, 5.74) is -1.40. The van der Waals surface area contributed by atoms with Crippen molar-refractivity contribution in [1.82, 2.24) is 9.29 Å². The van der Waals surface area contributed by atoms with Gasteiger partial charge in [-0.15, -0.1) is 0 Å². The minimum absolute atomic E-state index is 0.106. The predicted octanol–water partition coefficient (Wildman–Crippen LogP) is 1.82. The third kappa shape index (κ3) is 4.37. The third-order valence-corrected chi connectivity index (χ3v) is 4.16. The number of nitrogens with one attached hydrogen (secondary N) is 1. The van der Waals surface area contributed by atoms with Gasteiger partial charge in [0, 0.05) is 6.20 Å². The number of nitrogens with zero attached hydrogens (tertiary/aromatic N) is 1. The molecule has 2 N–H and O–H groups in total. The fourth-order valence-electron chi connectivity index (χ4n) is 1.57. The van der Waals surface area contributed by atoms with Crippen LogP contribution in [-0.2, 0) is 16.6 Å². The Bertz CT molecular complexity index is 697. The van der Waals surface area contributed by atoms with Crippen LogP contribution < -0.4 is 4.72 Å². The molecule has 0 aliphatic rings. The first-order valence-corrected chi connectivity index (χ1v) is 7.24. The zero-order valence-electron chi connectivity index (χ0n) is 11.2. The van der Waals surface area contributed by atoms with Crippen LogP contribution in [0.5, 0.6) is 0 Å². The molecule has 0 radical (unpaired) electrons. The van der Waals surface area contributed by atoms with Crippen molar-refractivity contribution < 1.29 is 44.7 Å². The van der Waals surface area contributed by atoms with E-state index in [2.05, 4.69) is 0 Å². The van der Waals surface area contributed by atoms with E-state index in [-0.39, 0.29) is 10.8 Å². The molecule has 0 aliphatic carbocycles. The number of carbonyl (C=O) groups is 1. The molecule has 6 nitrogen and oxygen atoms in total. The van der Waals surface area contributed by atoms with E-state index in [0.29, 0.717) is 6.92 Å². The Morgan fingerprint density at radius 3 is 2.30 bits per heavy atom. The Morgan fingerprint density at radius 1 is 1.39 bits per heavy atom. The van der Waals surface area contributed by atoms with Gasteiger partial charge in [-0.05, 0) is 6.92 Å². The van der Waals surface area contributed by atoms with Gasteiger partial charge in [0.2, 0.25) is 10.0 Å². The Kier molecular flexibility index (Phi) is 5.36. The first-order chi connectivity index (χ1) is 10.3. The van der Waals surface area contributed by atoms with E-state index < -0.39 is 57.6 Å². The van der Waals surface area contributed by atoms with E-state index in [1.807, 2.05) is 0 Å². The second-order valence-electron chi connectivity index (χ2n) is 4.39. The van der Waals surface area contributed by atoms with Gasteiger partial charge >= 0.3 is 12.1 Å². The molecular weight excluding hydrogens is 358 g/mol. The second kappa shape index (κ2) is 6.39. The number of hydrogen-bond acceptors (Lipinski definition) is 3. The molecule has 1 aromatic rings. The Labute approximate surface area is 125 Å². The fourth-order valence-corrected chi connectivity index (χ4v) is 2.89. The van der Waals surface area contributed by atoms with E-state index >= 15 is 0 Å². The van der Waals surface area contributed by atoms with E-state index in [4.69, 9.17) is 5.11 Å². The smallest absolute Gasteiger partial charge is 0.404 e. The van der Waals surface area contributed by atoms with Crippen molar-refractivity contribution in [3.63, 3.8) is 0 Å². The molecule has 1 rings (SSSR count). The van der Waals surface area contributed by atoms with Crippen molar-refractivity contribution in [3.8, 4) is 0 Å². The number of halogens is 6. The SMILES string of the molecule is C[C@@H](NS(=O)(=O)c1cn(CC(F)F)c(C(=O)O)c1F)C(F)(F)F. The Hall–Kier alpha value is -1.76. The maximum absolute atomic E-state index is 13.9. The van der Waals surface area contributed by atoms with Crippen molar-refractivity contribution in [3.05, 3.63) is 17.7 Å². The number of hydrogen-bond donors (Lipinski definition) is 2. The molecule has 0 spiro atoms. The summed E-state index contributed by atoms with van der Waals surface area (Å²) in [4.78, 5) is 9.38. The average molecular weight is 368 g/mol. The third-order valence-electron chi connectivity index (χ3n) is 2.63. The lowest BCUT2D eigenvalue weighted by Crippen LogP contribution is -2.43. The predicted molar refractivity (Wildman–Crippen MR) is 63.2 cm³/mol. The Balaban J connectivity index is 3.35. The number of carboxylic acids is 1. The Morgan fingerprint density at radius 2 is 1.91 bits per heavy atom. The van der Waals surface area contributed by atoms with Crippen LogP contribution in [0.1, 0.15) is 17.4 Å². The van der Waals surface area contributed by atoms with Crippen LogP contribution in [0.4, 0.5) is 26.3 Å². The van der Waals surface area contributed by atoms with Gasteiger partial charge in [0.05, 0.1) is 6.54 Å². The van der Waals surface area contributed by atoms with Crippen molar-refractivity contribution in [2.45, 2.75) is 37.0 Å². The highest BCUT2D eigenvalue weighted by atomic mass is 32.2. The fraction of sp³-hybridized carbons (Fsp3) is 0.500. The molecule has 0 fully saturated rings. The van der Waals surface area contributed by atoms with Gasteiger partial charge in [-0.3, -0.25) is 0 Å². The summed E-state index contributed by atoms with van der Waals surface area (Å²) in [5.74, 6) is -3.98. The van der Waals surface area contributed by atoms with Crippen molar-refractivity contribution in [2.24, 2.45) is 0 Å². The molecule has 0 saturated heterocycles. The van der Waals surface area contributed by atoms with Crippen molar-refractivity contribution >= 4 is 16.0 Å². The summed E-state index contributed by atoms with van der Waals surface area (Å²) < 4.78 is 100. The van der Waals surface area contributed by atoms with Gasteiger partial charge < -0.3 is 9.67 Å². The molecule has 1 aromatic heterocycles. The molecule has 1 heterocycles. The van der Waals surface area contributed by atoms with Crippen LogP contribution in [0.3, 0.4) is 0 Å². The minimum Gasteiger partial charge on any atom is -0.476 e. The topological polar surface area (TPSA) is 88.4 Å². The molecule has 0 saturated carbocycles. The van der Waals surface area contributed by atoms with Crippen LogP contribution in [0, 0.1) is 5.82 Å². The zero-order chi connectivity index (χ0) is 18.2. The number of sulfonamides is 1. The van der Waals surface area contributed by atoms with Crippen LogP contribution >= 0.6 is 0 Å². The van der Waals surface area contributed by atoms with Gasteiger partial charge in [0.1, 0.15) is 10.9 Å². The average Bonchev–Trinajstić information content (AvgIpc) is 2.64. The van der Waals surface area contributed by atoms with Gasteiger partial charge in [0.15, 0.2) is 11.5 Å². The molecule has 0 amide bonds. The maximum Gasteiger partial charge on any atom is 0.404 e. The first kappa shape index (κ1) is 19.3. The molecule has 13 heteroatoms. The summed E-state index contributed by atoms with van der Waals surface area (Å²) in [7, 11) is -5.12. The molecule has 0 unspecified atom stereocenters. The summed E-state index contributed by atoms with van der Waals surface area (Å²) in [6.07, 6.45) is -7.92. The maximum atomic E-state index is 13.9. The van der Waals surface area contributed by atoms with Crippen LogP contribution in [0.25, 0.3) is 0 Å².